The maximum Gasteiger partial charge on any atom is 0.262 e. The van der Waals surface area contributed by atoms with Crippen LogP contribution in [0.5, 0.6) is 0 Å². The van der Waals surface area contributed by atoms with E-state index in [4.69, 9.17) is 0 Å². The van der Waals surface area contributed by atoms with Crippen LogP contribution < -0.4 is 10.2 Å². The summed E-state index contributed by atoms with van der Waals surface area (Å²) in [5.41, 5.74) is 3.65. The Balaban J connectivity index is 1.52. The third-order valence-electron chi connectivity index (χ3n) is 5.71. The van der Waals surface area contributed by atoms with Crippen molar-refractivity contribution >= 4 is 35.0 Å². The van der Waals surface area contributed by atoms with Gasteiger partial charge in [-0.05, 0) is 82.0 Å². The molecule has 1 unspecified atom stereocenters. The number of rotatable bonds is 6. The number of anilines is 2. The molecule has 0 bridgehead atoms. The number of carbonyl (C=O) groups excluding carboxylic acids is 2. The predicted octanol–water partition coefficient (Wildman–Crippen LogP) is 5.83. The average Bonchev–Trinajstić information content (AvgIpc) is 3.02. The Morgan fingerprint density at radius 3 is 2.41 bits per heavy atom. The predicted molar refractivity (Wildman–Crippen MR) is 141 cm³/mol. The molecule has 3 aromatic rings. The van der Waals surface area contributed by atoms with Crippen molar-refractivity contribution in [3.05, 3.63) is 102 Å². The fraction of sp³-hybridized carbons (Fsp3) is 0.214. The number of aryl methyl sites for hydroxylation is 1. The van der Waals surface area contributed by atoms with Gasteiger partial charge in [-0.15, -0.1) is 11.8 Å². The van der Waals surface area contributed by atoms with Gasteiger partial charge in [0.25, 0.3) is 11.8 Å². The molecule has 2 amide bonds. The molecule has 5 nitrogen and oxygen atoms in total. The Hall–Kier alpha value is -3.35. The standard InChI is InChI=1S/C28H29N3O2S/c1-20-8-4-5-9-24(20)27(32)29-22-14-12-21(13-15-22)28(33)31-19-17-23(16-18-30(2)3)34-26-11-7-6-10-25(26)31/h4-15,17,19,23H,16,18H2,1-3H3,(H,29,32). The first-order valence-corrected chi connectivity index (χ1v) is 12.2. The van der Waals surface area contributed by atoms with Crippen molar-refractivity contribution < 1.29 is 9.59 Å². The molecule has 6 heteroatoms. The zero-order valence-electron chi connectivity index (χ0n) is 19.7. The minimum absolute atomic E-state index is 0.102. The van der Waals surface area contributed by atoms with Crippen LogP contribution in [0.3, 0.4) is 0 Å². The first kappa shape index (κ1) is 23.8. The van der Waals surface area contributed by atoms with Gasteiger partial charge in [-0.3, -0.25) is 14.5 Å². The highest BCUT2D eigenvalue weighted by Crippen LogP contribution is 2.38. The van der Waals surface area contributed by atoms with E-state index in [1.165, 1.54) is 0 Å². The van der Waals surface area contributed by atoms with Crippen LogP contribution in [0.15, 0.2) is 90.0 Å². The first-order chi connectivity index (χ1) is 16.4. The van der Waals surface area contributed by atoms with Crippen molar-refractivity contribution in [3.8, 4) is 0 Å². The third-order valence-corrected chi connectivity index (χ3v) is 7.01. The minimum Gasteiger partial charge on any atom is -0.322 e. The van der Waals surface area contributed by atoms with E-state index in [-0.39, 0.29) is 11.8 Å². The lowest BCUT2D eigenvalue weighted by atomic mass is 10.1. The van der Waals surface area contributed by atoms with Crippen molar-refractivity contribution in [2.24, 2.45) is 0 Å². The van der Waals surface area contributed by atoms with E-state index in [2.05, 4.69) is 36.5 Å². The van der Waals surface area contributed by atoms with Crippen LogP contribution in [0.25, 0.3) is 0 Å². The van der Waals surface area contributed by atoms with Gasteiger partial charge in [0, 0.05) is 33.2 Å². The number of hydrogen-bond acceptors (Lipinski definition) is 4. The molecule has 1 aliphatic rings. The van der Waals surface area contributed by atoms with E-state index >= 15 is 0 Å². The normalized spacial score (nSPS) is 15.1. The molecule has 1 N–H and O–H groups in total. The lowest BCUT2D eigenvalue weighted by Gasteiger charge is -2.20. The summed E-state index contributed by atoms with van der Waals surface area (Å²) in [7, 11) is 4.14. The van der Waals surface area contributed by atoms with Crippen LogP contribution in [0.4, 0.5) is 11.4 Å². The van der Waals surface area contributed by atoms with E-state index in [1.807, 2.05) is 49.5 Å². The fourth-order valence-electron chi connectivity index (χ4n) is 3.80. The molecule has 0 aromatic heterocycles. The molecule has 0 fully saturated rings. The zero-order valence-corrected chi connectivity index (χ0v) is 20.5. The quantitative estimate of drug-likeness (QED) is 0.491. The maximum atomic E-state index is 13.5. The molecule has 4 rings (SSSR count). The Morgan fingerprint density at radius 2 is 1.68 bits per heavy atom. The number of nitrogens with one attached hydrogen (secondary N) is 1. The van der Waals surface area contributed by atoms with Crippen molar-refractivity contribution in [1.29, 1.82) is 0 Å². The van der Waals surface area contributed by atoms with Gasteiger partial charge < -0.3 is 10.2 Å². The summed E-state index contributed by atoms with van der Waals surface area (Å²) in [6.07, 6.45) is 5.01. The second-order valence-electron chi connectivity index (χ2n) is 8.58. The van der Waals surface area contributed by atoms with Crippen molar-refractivity contribution in [2.75, 3.05) is 30.9 Å². The summed E-state index contributed by atoms with van der Waals surface area (Å²) in [6, 6.07) is 22.5. The molecule has 34 heavy (non-hydrogen) atoms. The van der Waals surface area contributed by atoms with Gasteiger partial charge in [-0.2, -0.15) is 0 Å². The molecule has 1 aliphatic heterocycles. The van der Waals surface area contributed by atoms with Crippen LogP contribution >= 0.6 is 11.8 Å². The second-order valence-corrected chi connectivity index (χ2v) is 9.86. The molecule has 0 saturated carbocycles. The zero-order chi connectivity index (χ0) is 24.1. The number of thioether (sulfide) groups is 1. The summed E-state index contributed by atoms with van der Waals surface area (Å²) in [5, 5.41) is 3.21. The highest BCUT2D eigenvalue weighted by atomic mass is 32.2. The molecular weight excluding hydrogens is 442 g/mol. The summed E-state index contributed by atoms with van der Waals surface area (Å²) in [5.74, 6) is -0.267. The van der Waals surface area contributed by atoms with E-state index < -0.39 is 0 Å². The molecule has 0 saturated heterocycles. The Labute approximate surface area is 205 Å². The topological polar surface area (TPSA) is 52.7 Å². The highest BCUT2D eigenvalue weighted by Gasteiger charge is 2.23. The number of amides is 2. The van der Waals surface area contributed by atoms with E-state index in [0.29, 0.717) is 22.1 Å². The maximum absolute atomic E-state index is 13.5. The summed E-state index contributed by atoms with van der Waals surface area (Å²) in [6.45, 7) is 2.89. The first-order valence-electron chi connectivity index (χ1n) is 11.3. The molecule has 1 heterocycles. The van der Waals surface area contributed by atoms with Crippen LogP contribution in [0.2, 0.25) is 0 Å². The third kappa shape index (κ3) is 5.58. The number of nitrogens with zero attached hydrogens (tertiary/aromatic N) is 2. The van der Waals surface area contributed by atoms with Crippen LogP contribution in [-0.2, 0) is 0 Å². The SMILES string of the molecule is Cc1ccccc1C(=O)Nc1ccc(C(=O)N2C=CC(CCN(C)C)Sc3ccccc32)cc1. The van der Waals surface area contributed by atoms with Gasteiger partial charge in [0.15, 0.2) is 0 Å². The summed E-state index contributed by atoms with van der Waals surface area (Å²) in [4.78, 5) is 31.0. The van der Waals surface area contributed by atoms with Gasteiger partial charge >= 0.3 is 0 Å². The number of hydrogen-bond donors (Lipinski definition) is 1. The van der Waals surface area contributed by atoms with Crippen molar-refractivity contribution in [1.82, 2.24) is 4.90 Å². The Bertz CT molecular complexity index is 1200. The van der Waals surface area contributed by atoms with Gasteiger partial charge in [-0.1, -0.05) is 36.4 Å². The summed E-state index contributed by atoms with van der Waals surface area (Å²) >= 11 is 1.79. The Morgan fingerprint density at radius 1 is 0.971 bits per heavy atom. The van der Waals surface area contributed by atoms with Gasteiger partial charge in [0.05, 0.1) is 5.69 Å². The number of fused-ring (bicyclic) bond motifs is 1. The van der Waals surface area contributed by atoms with Gasteiger partial charge in [0.1, 0.15) is 0 Å². The lowest BCUT2D eigenvalue weighted by Crippen LogP contribution is -2.25. The number of para-hydroxylation sites is 1. The van der Waals surface area contributed by atoms with Gasteiger partial charge in [-0.25, -0.2) is 0 Å². The number of benzene rings is 3. The molecular formula is C28H29N3O2S. The van der Waals surface area contributed by atoms with Crippen molar-refractivity contribution in [3.63, 3.8) is 0 Å². The van der Waals surface area contributed by atoms with Gasteiger partial charge in [0.2, 0.25) is 0 Å². The lowest BCUT2D eigenvalue weighted by molar-refractivity contribution is 0.0995. The smallest absolute Gasteiger partial charge is 0.262 e. The average molecular weight is 472 g/mol. The molecule has 1 atom stereocenters. The summed E-state index contributed by atoms with van der Waals surface area (Å²) < 4.78 is 0. The van der Waals surface area contributed by atoms with Crippen LogP contribution in [0.1, 0.15) is 32.7 Å². The highest BCUT2D eigenvalue weighted by molar-refractivity contribution is 8.00. The van der Waals surface area contributed by atoms with Crippen LogP contribution in [0, 0.1) is 6.92 Å². The Kier molecular flexibility index (Phi) is 7.50. The van der Waals surface area contributed by atoms with Crippen molar-refractivity contribution in [2.45, 2.75) is 23.5 Å². The fourth-order valence-corrected chi connectivity index (χ4v) is 4.94. The minimum atomic E-state index is -0.164. The number of carbonyl (C=O) groups is 2. The molecule has 0 aliphatic carbocycles. The van der Waals surface area contributed by atoms with E-state index in [9.17, 15) is 9.59 Å². The molecule has 0 spiro atoms. The van der Waals surface area contributed by atoms with E-state index in [0.717, 1.165) is 29.1 Å². The van der Waals surface area contributed by atoms with E-state index in [1.54, 1.807) is 47.0 Å². The van der Waals surface area contributed by atoms with Crippen LogP contribution in [-0.4, -0.2) is 42.6 Å². The second kappa shape index (κ2) is 10.7. The molecule has 0 radical (unpaired) electrons. The molecule has 174 valence electrons. The largest absolute Gasteiger partial charge is 0.322 e. The monoisotopic (exact) mass is 471 g/mol. The molecule has 3 aromatic carbocycles.